The van der Waals surface area contributed by atoms with Gasteiger partial charge in [-0.3, -0.25) is 14.0 Å². The number of ether oxygens (including phenoxy) is 1. The summed E-state index contributed by atoms with van der Waals surface area (Å²) in [6.07, 6.45) is 0. The van der Waals surface area contributed by atoms with Crippen molar-refractivity contribution in [3.63, 3.8) is 0 Å². The van der Waals surface area contributed by atoms with Crippen LogP contribution in [0.3, 0.4) is 0 Å². The van der Waals surface area contributed by atoms with Crippen LogP contribution in [-0.4, -0.2) is 73.7 Å². The van der Waals surface area contributed by atoms with Crippen molar-refractivity contribution in [2.24, 2.45) is 0 Å². The van der Waals surface area contributed by atoms with Gasteiger partial charge in [-0.15, -0.1) is 11.3 Å². The van der Waals surface area contributed by atoms with Gasteiger partial charge >= 0.3 is 0 Å². The molecule has 1 saturated heterocycles. The Balaban J connectivity index is 1.78. The first-order valence-corrected chi connectivity index (χ1v) is 11.6. The number of piperazine rings is 1. The summed E-state index contributed by atoms with van der Waals surface area (Å²) in [5, 5.41) is 2.81. The molecule has 1 N–H and O–H groups in total. The van der Waals surface area contributed by atoms with Gasteiger partial charge in [0.2, 0.25) is 5.43 Å². The Bertz CT molecular complexity index is 1420. The molecule has 1 fully saturated rings. The molecule has 5 rings (SSSR count). The van der Waals surface area contributed by atoms with Crippen LogP contribution < -0.4 is 15.6 Å². The van der Waals surface area contributed by atoms with E-state index in [2.05, 4.69) is 15.2 Å². The van der Waals surface area contributed by atoms with Crippen molar-refractivity contribution < 1.29 is 13.9 Å². The normalized spacial score (nSPS) is 15.1. The summed E-state index contributed by atoms with van der Waals surface area (Å²) in [4.78, 5) is 35.7. The number of rotatable bonds is 5. The summed E-state index contributed by atoms with van der Waals surface area (Å²) in [5.74, 6) is -0.836. The lowest BCUT2D eigenvalue weighted by Gasteiger charge is -2.33. The summed E-state index contributed by atoms with van der Waals surface area (Å²) in [6, 6.07) is 8.86. The maximum Gasteiger partial charge on any atom is 0.258 e. The molecule has 0 atom stereocenters. The SMILES string of the molecule is COCCNC(=O)c1c(=O)c2cc(F)c(N3CCN(C)CC3)nc2n2c1sc1ccccc12. The van der Waals surface area contributed by atoms with Crippen LogP contribution in [0.1, 0.15) is 10.4 Å². The predicted molar refractivity (Wildman–Crippen MR) is 128 cm³/mol. The number of aromatic nitrogens is 2. The topological polar surface area (TPSA) is 79.2 Å². The first-order chi connectivity index (χ1) is 16.0. The van der Waals surface area contributed by atoms with Gasteiger partial charge in [-0.1, -0.05) is 12.1 Å². The fourth-order valence-electron chi connectivity index (χ4n) is 4.19. The zero-order valence-corrected chi connectivity index (χ0v) is 19.2. The Morgan fingerprint density at radius 1 is 1.24 bits per heavy atom. The minimum atomic E-state index is -0.561. The second-order valence-electron chi connectivity index (χ2n) is 8.12. The molecule has 0 saturated carbocycles. The Morgan fingerprint density at radius 2 is 2.00 bits per heavy atom. The fraction of sp³-hybridized carbons (Fsp3) is 0.348. The minimum Gasteiger partial charge on any atom is -0.383 e. The van der Waals surface area contributed by atoms with E-state index in [9.17, 15) is 9.59 Å². The maximum absolute atomic E-state index is 15.2. The number of benzene rings is 1. The third-order valence-electron chi connectivity index (χ3n) is 5.97. The van der Waals surface area contributed by atoms with Crippen molar-refractivity contribution in [3.8, 4) is 0 Å². The molecule has 0 unspecified atom stereocenters. The van der Waals surface area contributed by atoms with Gasteiger partial charge < -0.3 is 19.9 Å². The highest BCUT2D eigenvalue weighted by Gasteiger charge is 2.26. The van der Waals surface area contributed by atoms with Crippen LogP contribution >= 0.6 is 11.3 Å². The number of halogens is 1. The van der Waals surface area contributed by atoms with Crippen LogP contribution in [0.5, 0.6) is 0 Å². The number of nitrogens with one attached hydrogen (secondary N) is 1. The number of pyridine rings is 2. The van der Waals surface area contributed by atoms with Crippen molar-refractivity contribution in [3.05, 3.63) is 51.9 Å². The molecule has 1 aromatic carbocycles. The average molecular weight is 470 g/mol. The summed E-state index contributed by atoms with van der Waals surface area (Å²) in [6.45, 7) is 3.48. The summed E-state index contributed by atoms with van der Waals surface area (Å²) < 4.78 is 22.9. The van der Waals surface area contributed by atoms with Crippen LogP contribution in [0.15, 0.2) is 35.1 Å². The number of carbonyl (C=O) groups is 1. The van der Waals surface area contributed by atoms with Crippen molar-refractivity contribution in [1.29, 1.82) is 0 Å². The van der Waals surface area contributed by atoms with Gasteiger partial charge in [0.25, 0.3) is 5.91 Å². The van der Waals surface area contributed by atoms with E-state index < -0.39 is 17.2 Å². The van der Waals surface area contributed by atoms with E-state index in [0.29, 0.717) is 30.2 Å². The van der Waals surface area contributed by atoms with Crippen LogP contribution in [0.25, 0.3) is 26.1 Å². The fourth-order valence-corrected chi connectivity index (χ4v) is 5.38. The molecule has 0 bridgehead atoms. The molecule has 1 aliphatic heterocycles. The van der Waals surface area contributed by atoms with E-state index in [4.69, 9.17) is 4.74 Å². The van der Waals surface area contributed by atoms with Gasteiger partial charge in [0.05, 0.1) is 22.2 Å². The predicted octanol–water partition coefficient (Wildman–Crippen LogP) is 2.33. The standard InChI is InChI=1S/C23H24FN5O3S/c1-27-8-10-28(11-9-27)21-15(24)13-14-19(30)18(22(31)25-7-12-32-2)23-29(20(14)26-21)16-5-3-4-6-17(16)33-23/h3-6,13H,7-12H2,1-2H3,(H,25,31). The molecule has 33 heavy (non-hydrogen) atoms. The van der Waals surface area contributed by atoms with E-state index in [0.717, 1.165) is 23.3 Å². The van der Waals surface area contributed by atoms with Crippen LogP contribution in [-0.2, 0) is 4.74 Å². The molecular formula is C23H24FN5O3S. The largest absolute Gasteiger partial charge is 0.383 e. The van der Waals surface area contributed by atoms with E-state index in [1.165, 1.54) is 24.5 Å². The lowest BCUT2D eigenvalue weighted by molar-refractivity contribution is 0.0937. The molecule has 8 nitrogen and oxygen atoms in total. The number of hydrogen-bond donors (Lipinski definition) is 1. The number of thiazole rings is 1. The molecule has 0 aliphatic carbocycles. The number of amides is 1. The van der Waals surface area contributed by atoms with Crippen molar-refractivity contribution >= 4 is 49.1 Å². The number of likely N-dealkylation sites (N-methyl/N-ethyl adjacent to an activating group) is 1. The van der Waals surface area contributed by atoms with Crippen LogP contribution in [0, 0.1) is 5.82 Å². The quantitative estimate of drug-likeness (QED) is 0.452. The monoisotopic (exact) mass is 469 g/mol. The highest BCUT2D eigenvalue weighted by Crippen LogP contribution is 2.32. The van der Waals surface area contributed by atoms with Gasteiger partial charge in [0, 0.05) is 39.8 Å². The van der Waals surface area contributed by atoms with Gasteiger partial charge in [0.15, 0.2) is 17.3 Å². The first-order valence-electron chi connectivity index (χ1n) is 10.8. The minimum absolute atomic E-state index is 0.00616. The van der Waals surface area contributed by atoms with Gasteiger partial charge in [0.1, 0.15) is 10.4 Å². The third-order valence-corrected chi connectivity index (χ3v) is 7.12. The molecule has 10 heteroatoms. The van der Waals surface area contributed by atoms with E-state index >= 15 is 4.39 Å². The highest BCUT2D eigenvalue weighted by atomic mass is 32.1. The summed E-state index contributed by atoms with van der Waals surface area (Å²) in [5.41, 5.74) is 0.643. The third kappa shape index (κ3) is 3.73. The number of nitrogens with zero attached hydrogens (tertiary/aromatic N) is 4. The van der Waals surface area contributed by atoms with Crippen LogP contribution in [0.2, 0.25) is 0 Å². The summed E-state index contributed by atoms with van der Waals surface area (Å²) in [7, 11) is 3.56. The Kier molecular flexibility index (Phi) is 5.73. The number of hydrogen-bond acceptors (Lipinski definition) is 7. The van der Waals surface area contributed by atoms with E-state index in [1.54, 1.807) is 4.40 Å². The van der Waals surface area contributed by atoms with Gasteiger partial charge in [-0.2, -0.15) is 0 Å². The van der Waals surface area contributed by atoms with E-state index in [1.807, 2.05) is 36.2 Å². The lowest BCUT2D eigenvalue weighted by Crippen LogP contribution is -2.45. The summed E-state index contributed by atoms with van der Waals surface area (Å²) >= 11 is 1.35. The zero-order chi connectivity index (χ0) is 23.1. The first kappa shape index (κ1) is 21.7. The lowest BCUT2D eigenvalue weighted by atomic mass is 10.1. The van der Waals surface area contributed by atoms with Crippen molar-refractivity contribution in [2.75, 3.05) is 58.4 Å². The Morgan fingerprint density at radius 3 is 2.76 bits per heavy atom. The maximum atomic E-state index is 15.2. The number of methoxy groups -OCH3 is 1. The number of fused-ring (bicyclic) bond motifs is 5. The number of anilines is 1. The molecule has 1 amide bonds. The molecule has 0 radical (unpaired) electrons. The zero-order valence-electron chi connectivity index (χ0n) is 18.4. The Labute approximate surface area is 193 Å². The molecule has 172 valence electrons. The highest BCUT2D eigenvalue weighted by molar-refractivity contribution is 7.24. The molecule has 3 aromatic heterocycles. The van der Waals surface area contributed by atoms with Crippen molar-refractivity contribution in [2.45, 2.75) is 0 Å². The smallest absolute Gasteiger partial charge is 0.258 e. The molecule has 0 spiro atoms. The molecule has 4 aromatic rings. The molecule has 4 heterocycles. The molecular weight excluding hydrogens is 445 g/mol. The second-order valence-corrected chi connectivity index (χ2v) is 9.15. The number of para-hydroxylation sites is 1. The van der Waals surface area contributed by atoms with Gasteiger partial charge in [-0.25, -0.2) is 9.37 Å². The van der Waals surface area contributed by atoms with E-state index in [-0.39, 0.29) is 23.3 Å². The molecule has 1 aliphatic rings. The van der Waals surface area contributed by atoms with Crippen molar-refractivity contribution in [1.82, 2.24) is 19.6 Å². The Hall–Kier alpha value is -3.08. The van der Waals surface area contributed by atoms with Crippen LogP contribution in [0.4, 0.5) is 10.2 Å². The average Bonchev–Trinajstić information content (AvgIpc) is 3.19. The van der Waals surface area contributed by atoms with Gasteiger partial charge in [-0.05, 0) is 25.2 Å². The number of carbonyl (C=O) groups excluding carboxylic acids is 1. The second kappa shape index (κ2) is 8.69.